The van der Waals surface area contributed by atoms with Crippen molar-refractivity contribution in [1.29, 1.82) is 0 Å². The van der Waals surface area contributed by atoms with Crippen LogP contribution in [0.5, 0.6) is 0 Å². The van der Waals surface area contributed by atoms with Gasteiger partial charge in [0.1, 0.15) is 0 Å². The van der Waals surface area contributed by atoms with Gasteiger partial charge in [0.2, 0.25) is 0 Å². The highest BCUT2D eigenvalue weighted by Gasteiger charge is 2.14. The molecule has 2 N–H and O–H groups in total. The van der Waals surface area contributed by atoms with Crippen molar-refractivity contribution in [2.24, 2.45) is 5.73 Å². The first-order valence-electron chi connectivity index (χ1n) is 7.32. The number of ether oxygens (including phenoxy) is 1. The molecule has 0 fully saturated rings. The van der Waals surface area contributed by atoms with E-state index in [1.54, 1.807) is 7.11 Å². The Kier molecular flexibility index (Phi) is 8.38. The molecule has 0 aliphatic rings. The topological polar surface area (TPSA) is 38.5 Å². The van der Waals surface area contributed by atoms with Gasteiger partial charge in [-0.2, -0.15) is 0 Å². The van der Waals surface area contributed by atoms with Gasteiger partial charge in [0, 0.05) is 36.8 Å². The van der Waals surface area contributed by atoms with E-state index in [2.05, 4.69) is 46.8 Å². The minimum Gasteiger partial charge on any atom is -0.383 e. The molecule has 0 heterocycles. The first kappa shape index (κ1) is 17.6. The number of halogens is 1. The smallest absolute Gasteiger partial charge is 0.0589 e. The van der Waals surface area contributed by atoms with Gasteiger partial charge in [0.25, 0.3) is 0 Å². The Balaban J connectivity index is 2.50. The lowest BCUT2D eigenvalue weighted by Gasteiger charge is -2.29. The summed E-state index contributed by atoms with van der Waals surface area (Å²) >= 11 is 3.45. The van der Waals surface area contributed by atoms with E-state index in [1.807, 2.05) is 12.1 Å². The van der Waals surface area contributed by atoms with Gasteiger partial charge in [-0.15, -0.1) is 0 Å². The van der Waals surface area contributed by atoms with Crippen molar-refractivity contribution in [2.75, 3.05) is 26.8 Å². The summed E-state index contributed by atoms with van der Waals surface area (Å²) in [5.74, 6) is 0. The van der Waals surface area contributed by atoms with Crippen LogP contribution in [-0.4, -0.2) is 37.7 Å². The van der Waals surface area contributed by atoms with Gasteiger partial charge in [-0.3, -0.25) is 4.90 Å². The molecule has 114 valence electrons. The Labute approximate surface area is 131 Å². The number of nitrogens with two attached hydrogens (primary N) is 1. The fourth-order valence-corrected chi connectivity index (χ4v) is 2.47. The van der Waals surface area contributed by atoms with Crippen LogP contribution in [0.25, 0.3) is 0 Å². The summed E-state index contributed by atoms with van der Waals surface area (Å²) in [5, 5.41) is 0. The highest BCUT2D eigenvalue weighted by molar-refractivity contribution is 9.10. The molecule has 0 saturated carbocycles. The van der Waals surface area contributed by atoms with E-state index in [-0.39, 0.29) is 6.04 Å². The van der Waals surface area contributed by atoms with E-state index in [9.17, 15) is 0 Å². The maximum Gasteiger partial charge on any atom is 0.0589 e. The molecule has 2 unspecified atom stereocenters. The zero-order chi connectivity index (χ0) is 15.0. The second-order valence-corrected chi connectivity index (χ2v) is 6.15. The summed E-state index contributed by atoms with van der Waals surface area (Å²) in [6, 6.07) is 8.95. The third-order valence-corrected chi connectivity index (χ3v) is 4.35. The molecule has 3 nitrogen and oxygen atoms in total. The van der Waals surface area contributed by atoms with Gasteiger partial charge < -0.3 is 10.5 Å². The summed E-state index contributed by atoms with van der Waals surface area (Å²) in [5.41, 5.74) is 7.49. The Hall–Kier alpha value is -0.420. The molecule has 1 aromatic rings. The molecule has 0 aromatic heterocycles. The fourth-order valence-electron chi connectivity index (χ4n) is 2.20. The molecule has 20 heavy (non-hydrogen) atoms. The maximum absolute atomic E-state index is 6.29. The fraction of sp³-hybridized carbons (Fsp3) is 0.625. The van der Waals surface area contributed by atoms with E-state index in [0.29, 0.717) is 6.04 Å². The highest BCUT2D eigenvalue weighted by Crippen LogP contribution is 2.18. The van der Waals surface area contributed by atoms with Crippen LogP contribution in [0.4, 0.5) is 0 Å². The average molecular weight is 343 g/mol. The van der Waals surface area contributed by atoms with E-state index in [0.717, 1.165) is 37.0 Å². The Morgan fingerprint density at radius 3 is 2.45 bits per heavy atom. The van der Waals surface area contributed by atoms with Gasteiger partial charge in [-0.1, -0.05) is 35.0 Å². The van der Waals surface area contributed by atoms with Gasteiger partial charge in [-0.05, 0) is 37.5 Å². The van der Waals surface area contributed by atoms with E-state index >= 15 is 0 Å². The zero-order valence-corrected chi connectivity index (χ0v) is 14.4. The number of nitrogens with zero attached hydrogens (tertiary/aromatic N) is 1. The number of hydrogen-bond acceptors (Lipinski definition) is 3. The van der Waals surface area contributed by atoms with Crippen LogP contribution < -0.4 is 5.73 Å². The quantitative estimate of drug-likeness (QED) is 0.745. The van der Waals surface area contributed by atoms with Crippen LogP contribution in [-0.2, 0) is 4.74 Å². The van der Waals surface area contributed by atoms with E-state index < -0.39 is 0 Å². The van der Waals surface area contributed by atoms with Gasteiger partial charge >= 0.3 is 0 Å². The van der Waals surface area contributed by atoms with Gasteiger partial charge in [0.15, 0.2) is 0 Å². The number of methoxy groups -OCH3 is 1. The Bertz CT molecular complexity index is 369. The van der Waals surface area contributed by atoms with Crippen LogP contribution in [0.1, 0.15) is 38.3 Å². The molecule has 0 aliphatic carbocycles. The van der Waals surface area contributed by atoms with Crippen LogP contribution in [0, 0.1) is 0 Å². The molecule has 0 amide bonds. The van der Waals surface area contributed by atoms with E-state index in [4.69, 9.17) is 10.5 Å². The standard InChI is InChI=1S/C16H27BrN2O/c1-4-13(2)19(11-12-20-3)10-9-16(18)14-5-7-15(17)8-6-14/h5-8,13,16H,4,9-12,18H2,1-3H3. The predicted molar refractivity (Wildman–Crippen MR) is 88.9 cm³/mol. The molecular weight excluding hydrogens is 316 g/mol. The average Bonchev–Trinajstić information content (AvgIpc) is 2.47. The van der Waals surface area contributed by atoms with Crippen LogP contribution in [0.15, 0.2) is 28.7 Å². The number of hydrogen-bond donors (Lipinski definition) is 1. The molecule has 1 aromatic carbocycles. The first-order valence-corrected chi connectivity index (χ1v) is 8.11. The monoisotopic (exact) mass is 342 g/mol. The van der Waals surface area contributed by atoms with E-state index in [1.165, 1.54) is 5.56 Å². The zero-order valence-electron chi connectivity index (χ0n) is 12.8. The van der Waals surface area contributed by atoms with Gasteiger partial charge in [0.05, 0.1) is 6.61 Å². The Morgan fingerprint density at radius 2 is 1.90 bits per heavy atom. The van der Waals surface area contributed by atoms with Crippen molar-refractivity contribution in [2.45, 2.75) is 38.8 Å². The lowest BCUT2D eigenvalue weighted by molar-refractivity contribution is 0.120. The maximum atomic E-state index is 6.29. The van der Waals surface area contributed by atoms with Crippen LogP contribution in [0.3, 0.4) is 0 Å². The van der Waals surface area contributed by atoms with Crippen molar-refractivity contribution >= 4 is 15.9 Å². The normalized spacial score (nSPS) is 14.5. The molecule has 0 aliphatic heterocycles. The predicted octanol–water partition coefficient (Wildman–Crippen LogP) is 3.59. The minimum atomic E-state index is 0.0946. The molecule has 0 saturated heterocycles. The molecule has 0 radical (unpaired) electrons. The van der Waals surface area contributed by atoms with Crippen LogP contribution >= 0.6 is 15.9 Å². The number of benzene rings is 1. The second kappa shape index (κ2) is 9.50. The molecule has 1 rings (SSSR count). The van der Waals surface area contributed by atoms with Crippen molar-refractivity contribution < 1.29 is 4.74 Å². The van der Waals surface area contributed by atoms with Crippen molar-refractivity contribution in [3.05, 3.63) is 34.3 Å². The van der Waals surface area contributed by atoms with Crippen molar-refractivity contribution in [3.63, 3.8) is 0 Å². The summed E-state index contributed by atoms with van der Waals surface area (Å²) in [7, 11) is 1.75. The second-order valence-electron chi connectivity index (χ2n) is 5.23. The molecule has 2 atom stereocenters. The third kappa shape index (κ3) is 5.92. The largest absolute Gasteiger partial charge is 0.383 e. The summed E-state index contributed by atoms with van der Waals surface area (Å²) in [4.78, 5) is 2.46. The van der Waals surface area contributed by atoms with Crippen LogP contribution in [0.2, 0.25) is 0 Å². The summed E-state index contributed by atoms with van der Waals surface area (Å²) < 4.78 is 6.29. The van der Waals surface area contributed by atoms with Crippen molar-refractivity contribution in [1.82, 2.24) is 4.90 Å². The van der Waals surface area contributed by atoms with Crippen molar-refractivity contribution in [3.8, 4) is 0 Å². The molecule has 0 bridgehead atoms. The molecule has 0 spiro atoms. The molecular formula is C16H27BrN2O. The lowest BCUT2D eigenvalue weighted by atomic mass is 10.0. The third-order valence-electron chi connectivity index (χ3n) is 3.82. The van der Waals surface area contributed by atoms with Gasteiger partial charge in [-0.25, -0.2) is 0 Å². The Morgan fingerprint density at radius 1 is 1.25 bits per heavy atom. The summed E-state index contributed by atoms with van der Waals surface area (Å²) in [6.45, 7) is 7.24. The number of rotatable bonds is 9. The highest BCUT2D eigenvalue weighted by atomic mass is 79.9. The molecule has 4 heteroatoms. The SMILES string of the molecule is CCC(C)N(CCOC)CCC(N)c1ccc(Br)cc1. The summed E-state index contributed by atoms with van der Waals surface area (Å²) in [6.07, 6.45) is 2.12. The first-order chi connectivity index (χ1) is 9.58. The minimum absolute atomic E-state index is 0.0946. The lowest BCUT2D eigenvalue weighted by Crippen LogP contribution is -2.37.